The molecule has 0 radical (unpaired) electrons. The van der Waals surface area contributed by atoms with Crippen molar-refractivity contribution in [3.05, 3.63) is 0 Å². The number of amides is 2. The molecule has 2 amide bonds. The summed E-state index contributed by atoms with van der Waals surface area (Å²) in [7, 11) is 2.96. The molecule has 2 atom stereocenters. The molecule has 100 valence electrons. The molecule has 0 heterocycles. The van der Waals surface area contributed by atoms with Gasteiger partial charge in [0.15, 0.2) is 0 Å². The third-order valence-corrected chi connectivity index (χ3v) is 2.18. The molecule has 0 fully saturated rings. The molecule has 0 spiro atoms. The maximum absolute atomic E-state index is 11.3. The second-order valence-corrected chi connectivity index (χ2v) is 3.59. The van der Waals surface area contributed by atoms with Crippen LogP contribution in [-0.2, 0) is 14.3 Å². The van der Waals surface area contributed by atoms with Crippen molar-refractivity contribution in [1.82, 2.24) is 10.6 Å². The highest BCUT2D eigenvalue weighted by molar-refractivity contribution is 5.74. The zero-order valence-corrected chi connectivity index (χ0v) is 10.4. The molecule has 0 aliphatic carbocycles. The first-order valence-electron chi connectivity index (χ1n) is 5.28. The van der Waals surface area contributed by atoms with E-state index < -0.39 is 12.1 Å². The van der Waals surface area contributed by atoms with Crippen molar-refractivity contribution in [1.29, 1.82) is 0 Å². The lowest BCUT2D eigenvalue weighted by molar-refractivity contribution is -0.139. The van der Waals surface area contributed by atoms with E-state index in [0.29, 0.717) is 6.54 Å². The molecule has 3 N–H and O–H groups in total. The van der Waals surface area contributed by atoms with Crippen molar-refractivity contribution < 1.29 is 24.2 Å². The molecule has 0 aliphatic rings. The van der Waals surface area contributed by atoms with Crippen LogP contribution in [0.25, 0.3) is 0 Å². The predicted octanol–water partition coefficient (Wildman–Crippen LogP) is -0.190. The Balaban J connectivity index is 3.77. The van der Waals surface area contributed by atoms with E-state index >= 15 is 0 Å². The van der Waals surface area contributed by atoms with Crippen LogP contribution in [0.5, 0.6) is 0 Å². The van der Waals surface area contributed by atoms with Crippen LogP contribution in [0, 0.1) is 0 Å². The molecule has 7 heteroatoms. The molecule has 0 bridgehead atoms. The summed E-state index contributed by atoms with van der Waals surface area (Å²) in [5.74, 6) is -0.966. The number of urea groups is 1. The molecule has 7 nitrogen and oxygen atoms in total. The number of hydrogen-bond donors (Lipinski definition) is 3. The predicted molar refractivity (Wildman–Crippen MR) is 60.9 cm³/mol. The van der Waals surface area contributed by atoms with E-state index in [4.69, 9.17) is 14.6 Å². The highest BCUT2D eigenvalue weighted by Crippen LogP contribution is 1.95. The quantitative estimate of drug-likeness (QED) is 0.553. The van der Waals surface area contributed by atoms with Crippen molar-refractivity contribution in [2.75, 3.05) is 27.3 Å². The number of aliphatic carboxylic acids is 1. The number of carboxylic acid groups (broad SMARTS) is 1. The van der Waals surface area contributed by atoms with Crippen LogP contribution in [0.2, 0.25) is 0 Å². The first-order chi connectivity index (χ1) is 7.99. The second kappa shape index (κ2) is 8.77. The van der Waals surface area contributed by atoms with Gasteiger partial charge in [-0.05, 0) is 6.92 Å². The van der Waals surface area contributed by atoms with E-state index in [1.54, 1.807) is 7.11 Å². The number of carbonyl (C=O) groups excluding carboxylic acids is 1. The van der Waals surface area contributed by atoms with Crippen LogP contribution in [0.4, 0.5) is 4.79 Å². The monoisotopic (exact) mass is 248 g/mol. The van der Waals surface area contributed by atoms with Gasteiger partial charge in [0, 0.05) is 27.3 Å². The summed E-state index contributed by atoms with van der Waals surface area (Å²) in [4.78, 5) is 21.7. The Bertz CT molecular complexity index is 247. The smallest absolute Gasteiger partial charge is 0.314 e. The topological polar surface area (TPSA) is 96.9 Å². The molecule has 0 aromatic carbocycles. The summed E-state index contributed by atoms with van der Waals surface area (Å²) in [5, 5.41) is 13.7. The number of nitrogens with one attached hydrogen (secondary N) is 2. The van der Waals surface area contributed by atoms with Crippen LogP contribution in [-0.4, -0.2) is 56.6 Å². The summed E-state index contributed by atoms with van der Waals surface area (Å²) in [6.45, 7) is 2.36. The Morgan fingerprint density at radius 2 is 1.76 bits per heavy atom. The summed E-state index contributed by atoms with van der Waals surface area (Å²) in [5.41, 5.74) is 0. The highest BCUT2D eigenvalue weighted by Gasteiger charge is 2.13. The summed E-state index contributed by atoms with van der Waals surface area (Å²) in [6, 6.07) is -0.374. The summed E-state index contributed by atoms with van der Waals surface area (Å²) in [6.07, 6.45) is -0.748. The van der Waals surface area contributed by atoms with Crippen molar-refractivity contribution in [3.63, 3.8) is 0 Å². The average Bonchev–Trinajstić information content (AvgIpc) is 2.30. The van der Waals surface area contributed by atoms with E-state index in [2.05, 4.69) is 10.6 Å². The third kappa shape index (κ3) is 8.47. The van der Waals surface area contributed by atoms with Crippen LogP contribution in [0.3, 0.4) is 0 Å². The molecular formula is C10H20N2O5. The van der Waals surface area contributed by atoms with Crippen molar-refractivity contribution in [2.45, 2.75) is 25.6 Å². The summed E-state index contributed by atoms with van der Waals surface area (Å²) < 4.78 is 9.87. The zero-order valence-electron chi connectivity index (χ0n) is 10.4. The van der Waals surface area contributed by atoms with E-state index in [1.807, 2.05) is 6.92 Å². The van der Waals surface area contributed by atoms with Gasteiger partial charge in [0.25, 0.3) is 0 Å². The minimum absolute atomic E-state index is 0.0713. The van der Waals surface area contributed by atoms with Gasteiger partial charge in [0.05, 0.1) is 18.6 Å². The SMILES string of the molecule is COC(C)CNC(=O)NCC(CC(=O)O)OC. The van der Waals surface area contributed by atoms with Crippen molar-refractivity contribution in [2.24, 2.45) is 0 Å². The maximum Gasteiger partial charge on any atom is 0.314 e. The van der Waals surface area contributed by atoms with E-state index in [9.17, 15) is 9.59 Å². The number of carboxylic acids is 1. The van der Waals surface area contributed by atoms with Gasteiger partial charge in [-0.2, -0.15) is 0 Å². The van der Waals surface area contributed by atoms with Crippen molar-refractivity contribution in [3.8, 4) is 0 Å². The largest absolute Gasteiger partial charge is 0.481 e. The minimum Gasteiger partial charge on any atom is -0.481 e. The molecule has 0 aromatic rings. The fraction of sp³-hybridized carbons (Fsp3) is 0.800. The Morgan fingerprint density at radius 3 is 2.24 bits per heavy atom. The standard InChI is InChI=1S/C10H20N2O5/c1-7(16-2)5-11-10(15)12-6-8(17-3)4-9(13)14/h7-8H,4-6H2,1-3H3,(H,13,14)(H2,11,12,15). The molecule has 17 heavy (non-hydrogen) atoms. The summed E-state index contributed by atoms with van der Waals surface area (Å²) >= 11 is 0. The number of rotatable bonds is 8. The normalized spacial score (nSPS) is 13.8. The van der Waals surface area contributed by atoms with Gasteiger partial charge in [-0.25, -0.2) is 4.79 Å². The Labute approximate surface area is 100 Å². The van der Waals surface area contributed by atoms with Crippen LogP contribution in [0.1, 0.15) is 13.3 Å². The molecule has 0 rings (SSSR count). The molecule has 0 aromatic heterocycles. The molecular weight excluding hydrogens is 228 g/mol. The fourth-order valence-electron chi connectivity index (χ4n) is 1.02. The number of hydrogen-bond acceptors (Lipinski definition) is 4. The second-order valence-electron chi connectivity index (χ2n) is 3.59. The molecule has 0 aliphatic heterocycles. The van der Waals surface area contributed by atoms with E-state index in [1.165, 1.54) is 7.11 Å². The van der Waals surface area contributed by atoms with Gasteiger partial charge >= 0.3 is 12.0 Å². The third-order valence-electron chi connectivity index (χ3n) is 2.18. The van der Waals surface area contributed by atoms with Gasteiger partial charge in [-0.15, -0.1) is 0 Å². The van der Waals surface area contributed by atoms with Gasteiger partial charge in [0.1, 0.15) is 0 Å². The first-order valence-corrected chi connectivity index (χ1v) is 5.28. The van der Waals surface area contributed by atoms with Crippen molar-refractivity contribution >= 4 is 12.0 Å². The fourth-order valence-corrected chi connectivity index (χ4v) is 1.02. The number of carbonyl (C=O) groups is 2. The highest BCUT2D eigenvalue weighted by atomic mass is 16.5. The zero-order chi connectivity index (χ0) is 13.3. The molecule has 0 saturated carbocycles. The van der Waals surface area contributed by atoms with Gasteiger partial charge < -0.3 is 25.2 Å². The lowest BCUT2D eigenvalue weighted by atomic mass is 10.2. The number of ether oxygens (including phenoxy) is 2. The Morgan fingerprint density at radius 1 is 1.18 bits per heavy atom. The minimum atomic E-state index is -0.966. The Hall–Kier alpha value is -1.34. The first kappa shape index (κ1) is 15.7. The lowest BCUT2D eigenvalue weighted by Gasteiger charge is -2.15. The van der Waals surface area contributed by atoms with Crippen LogP contribution in [0.15, 0.2) is 0 Å². The van der Waals surface area contributed by atoms with Gasteiger partial charge in [0.2, 0.25) is 0 Å². The lowest BCUT2D eigenvalue weighted by Crippen LogP contribution is -2.43. The molecule has 2 unspecified atom stereocenters. The van der Waals surface area contributed by atoms with Gasteiger partial charge in [-0.3, -0.25) is 4.79 Å². The van der Waals surface area contributed by atoms with Gasteiger partial charge in [-0.1, -0.05) is 0 Å². The van der Waals surface area contributed by atoms with E-state index in [-0.39, 0.29) is 25.1 Å². The maximum atomic E-state index is 11.3. The van der Waals surface area contributed by atoms with Crippen LogP contribution < -0.4 is 10.6 Å². The number of methoxy groups -OCH3 is 2. The average molecular weight is 248 g/mol. The Kier molecular flexibility index (Phi) is 8.08. The molecule has 0 saturated heterocycles. The van der Waals surface area contributed by atoms with Crippen LogP contribution >= 0.6 is 0 Å². The van der Waals surface area contributed by atoms with E-state index in [0.717, 1.165) is 0 Å².